The number of amides is 2. The van der Waals surface area contributed by atoms with Crippen molar-refractivity contribution in [1.29, 1.82) is 0 Å². The number of aromatic nitrogens is 2. The molecule has 1 aliphatic heterocycles. The minimum atomic E-state index is -0.0919. The number of urea groups is 1. The third kappa shape index (κ3) is 4.92. The lowest BCUT2D eigenvalue weighted by atomic mass is 10.1. The van der Waals surface area contributed by atoms with Crippen molar-refractivity contribution in [2.24, 2.45) is 7.05 Å². The first-order chi connectivity index (χ1) is 14.9. The van der Waals surface area contributed by atoms with Gasteiger partial charge in [-0.05, 0) is 54.8 Å². The first kappa shape index (κ1) is 21.4. The van der Waals surface area contributed by atoms with E-state index in [0.717, 1.165) is 34.5 Å². The van der Waals surface area contributed by atoms with Crippen molar-refractivity contribution in [3.05, 3.63) is 81.1 Å². The maximum Gasteiger partial charge on any atom is 0.322 e. The maximum atomic E-state index is 12.9. The molecule has 0 bridgehead atoms. The number of nitrogens with one attached hydrogen (secondary N) is 1. The van der Waals surface area contributed by atoms with E-state index in [4.69, 9.17) is 16.3 Å². The van der Waals surface area contributed by atoms with Crippen LogP contribution in [0.5, 0.6) is 0 Å². The van der Waals surface area contributed by atoms with Gasteiger partial charge in [-0.15, -0.1) is 0 Å². The summed E-state index contributed by atoms with van der Waals surface area (Å²) in [7, 11) is 1.95. The minimum absolute atomic E-state index is 0.0919. The van der Waals surface area contributed by atoms with Gasteiger partial charge in [-0.25, -0.2) is 4.79 Å². The van der Waals surface area contributed by atoms with E-state index in [1.54, 1.807) is 0 Å². The van der Waals surface area contributed by atoms with Crippen LogP contribution in [0.15, 0.2) is 42.5 Å². The second kappa shape index (κ2) is 9.12. The second-order valence-electron chi connectivity index (χ2n) is 8.02. The van der Waals surface area contributed by atoms with Crippen molar-refractivity contribution in [2.45, 2.75) is 40.0 Å². The summed E-state index contributed by atoms with van der Waals surface area (Å²) >= 11 is 5.94. The molecule has 2 amide bonds. The molecular weight excluding hydrogens is 412 g/mol. The topological polar surface area (TPSA) is 59.4 Å². The van der Waals surface area contributed by atoms with Gasteiger partial charge in [0.25, 0.3) is 0 Å². The van der Waals surface area contributed by atoms with E-state index < -0.39 is 0 Å². The average Bonchev–Trinajstić information content (AvgIpc) is 3.07. The summed E-state index contributed by atoms with van der Waals surface area (Å²) < 4.78 is 7.81. The van der Waals surface area contributed by atoms with Crippen LogP contribution in [-0.4, -0.2) is 27.3 Å². The highest BCUT2D eigenvalue weighted by Gasteiger charge is 2.26. The van der Waals surface area contributed by atoms with Crippen molar-refractivity contribution in [3.63, 3.8) is 0 Å². The number of nitrogens with zero attached hydrogens (tertiary/aromatic N) is 3. The van der Waals surface area contributed by atoms with Gasteiger partial charge in [-0.3, -0.25) is 4.68 Å². The fraction of sp³-hybridized carbons (Fsp3) is 0.333. The van der Waals surface area contributed by atoms with Crippen LogP contribution in [-0.2, 0) is 38.0 Å². The lowest BCUT2D eigenvalue weighted by Gasteiger charge is -2.28. The van der Waals surface area contributed by atoms with Crippen LogP contribution in [0.4, 0.5) is 10.5 Å². The molecule has 1 aliphatic rings. The standard InChI is InChI=1S/C24H27ClN4O2/c1-16-4-9-20(12-17(16)2)26-24(30)29-11-10-23-21(13-29)22(27-28(23)3)15-31-14-18-5-7-19(25)8-6-18/h4-9,12H,10-11,13-15H2,1-3H3,(H,26,30). The Morgan fingerprint density at radius 2 is 1.90 bits per heavy atom. The molecule has 6 nitrogen and oxygen atoms in total. The third-order valence-electron chi connectivity index (χ3n) is 5.79. The molecule has 1 N–H and O–H groups in total. The number of aryl methyl sites for hydroxylation is 3. The highest BCUT2D eigenvalue weighted by atomic mass is 35.5. The lowest BCUT2D eigenvalue weighted by molar-refractivity contribution is 0.103. The van der Waals surface area contributed by atoms with E-state index in [1.165, 1.54) is 11.3 Å². The smallest absolute Gasteiger partial charge is 0.322 e. The molecule has 3 aromatic rings. The van der Waals surface area contributed by atoms with Gasteiger partial charge in [-0.2, -0.15) is 5.10 Å². The largest absolute Gasteiger partial charge is 0.370 e. The molecule has 0 saturated heterocycles. The number of hydrogen-bond acceptors (Lipinski definition) is 3. The Kier molecular flexibility index (Phi) is 6.30. The molecule has 7 heteroatoms. The van der Waals surface area contributed by atoms with Crippen molar-refractivity contribution in [2.75, 3.05) is 11.9 Å². The van der Waals surface area contributed by atoms with Crippen LogP contribution in [0.2, 0.25) is 5.02 Å². The zero-order valence-corrected chi connectivity index (χ0v) is 18.9. The van der Waals surface area contributed by atoms with Crippen LogP contribution in [0, 0.1) is 13.8 Å². The molecule has 0 atom stereocenters. The summed E-state index contributed by atoms with van der Waals surface area (Å²) in [6, 6.07) is 13.5. The first-order valence-corrected chi connectivity index (χ1v) is 10.8. The predicted molar refractivity (Wildman–Crippen MR) is 122 cm³/mol. The van der Waals surface area contributed by atoms with E-state index in [1.807, 2.05) is 66.0 Å². The molecule has 2 heterocycles. The molecule has 0 spiro atoms. The van der Waals surface area contributed by atoms with E-state index in [-0.39, 0.29) is 6.03 Å². The summed E-state index contributed by atoms with van der Waals surface area (Å²) in [5, 5.41) is 8.38. The molecule has 0 unspecified atom stereocenters. The fourth-order valence-electron chi connectivity index (χ4n) is 3.83. The quantitative estimate of drug-likeness (QED) is 0.610. The maximum absolute atomic E-state index is 12.9. The summed E-state index contributed by atoms with van der Waals surface area (Å²) in [6.45, 7) is 6.18. The van der Waals surface area contributed by atoms with Gasteiger partial charge in [0.15, 0.2) is 0 Å². The van der Waals surface area contributed by atoms with Crippen LogP contribution < -0.4 is 5.32 Å². The Bertz CT molecular complexity index is 1090. The van der Waals surface area contributed by atoms with Crippen molar-refractivity contribution >= 4 is 23.3 Å². The number of benzene rings is 2. The normalized spacial score (nSPS) is 13.2. The molecule has 0 aliphatic carbocycles. The molecule has 1 aromatic heterocycles. The number of carbonyl (C=O) groups excluding carboxylic acids is 1. The van der Waals surface area contributed by atoms with Gasteiger partial charge in [0.1, 0.15) is 0 Å². The lowest BCUT2D eigenvalue weighted by Crippen LogP contribution is -2.39. The molecule has 0 saturated carbocycles. The van der Waals surface area contributed by atoms with Gasteiger partial charge >= 0.3 is 6.03 Å². The minimum Gasteiger partial charge on any atom is -0.370 e. The zero-order chi connectivity index (χ0) is 22.0. The molecule has 31 heavy (non-hydrogen) atoms. The number of halogens is 1. The Hall–Kier alpha value is -2.83. The molecule has 0 fully saturated rings. The number of carbonyl (C=O) groups is 1. The molecular formula is C24H27ClN4O2. The Labute approximate surface area is 187 Å². The van der Waals surface area contributed by atoms with Gasteiger partial charge in [0.2, 0.25) is 0 Å². The van der Waals surface area contributed by atoms with Crippen molar-refractivity contribution in [3.8, 4) is 0 Å². The average molecular weight is 439 g/mol. The highest BCUT2D eigenvalue weighted by molar-refractivity contribution is 6.30. The van der Waals surface area contributed by atoms with Crippen LogP contribution in [0.25, 0.3) is 0 Å². The van der Waals surface area contributed by atoms with Crippen LogP contribution >= 0.6 is 11.6 Å². The monoisotopic (exact) mass is 438 g/mol. The number of anilines is 1. The van der Waals surface area contributed by atoms with Gasteiger partial charge in [0, 0.05) is 42.0 Å². The Morgan fingerprint density at radius 1 is 1.13 bits per heavy atom. The zero-order valence-electron chi connectivity index (χ0n) is 18.1. The van der Waals surface area contributed by atoms with E-state index in [2.05, 4.69) is 17.3 Å². The molecule has 2 aromatic carbocycles. The van der Waals surface area contributed by atoms with E-state index in [9.17, 15) is 4.79 Å². The highest BCUT2D eigenvalue weighted by Crippen LogP contribution is 2.24. The first-order valence-electron chi connectivity index (χ1n) is 10.4. The second-order valence-corrected chi connectivity index (χ2v) is 8.45. The molecule has 4 rings (SSSR count). The SMILES string of the molecule is Cc1ccc(NC(=O)N2CCc3c(c(COCc4ccc(Cl)cc4)nn3C)C2)cc1C. The summed E-state index contributed by atoms with van der Waals surface area (Å²) in [5.41, 5.74) is 7.38. The van der Waals surface area contributed by atoms with Crippen molar-refractivity contribution in [1.82, 2.24) is 14.7 Å². The summed E-state index contributed by atoms with van der Waals surface area (Å²) in [5.74, 6) is 0. The third-order valence-corrected chi connectivity index (χ3v) is 6.04. The predicted octanol–water partition coefficient (Wildman–Crippen LogP) is 5.00. The number of rotatable bonds is 5. The fourth-order valence-corrected chi connectivity index (χ4v) is 3.95. The molecule has 162 valence electrons. The van der Waals surface area contributed by atoms with Gasteiger partial charge in [-0.1, -0.05) is 29.8 Å². The van der Waals surface area contributed by atoms with Crippen LogP contribution in [0.1, 0.15) is 33.6 Å². The van der Waals surface area contributed by atoms with Crippen molar-refractivity contribution < 1.29 is 9.53 Å². The summed E-state index contributed by atoms with van der Waals surface area (Å²) in [4.78, 5) is 14.7. The van der Waals surface area contributed by atoms with Gasteiger partial charge in [0.05, 0.1) is 25.5 Å². The van der Waals surface area contributed by atoms with Crippen LogP contribution in [0.3, 0.4) is 0 Å². The van der Waals surface area contributed by atoms with Gasteiger partial charge < -0.3 is 15.0 Å². The number of hydrogen-bond donors (Lipinski definition) is 1. The molecule has 0 radical (unpaired) electrons. The van der Waals surface area contributed by atoms with E-state index >= 15 is 0 Å². The number of fused-ring (bicyclic) bond motifs is 1. The number of ether oxygens (including phenoxy) is 1. The Morgan fingerprint density at radius 3 is 2.65 bits per heavy atom. The Balaban J connectivity index is 1.41. The summed E-state index contributed by atoms with van der Waals surface area (Å²) in [6.07, 6.45) is 0.774. The van der Waals surface area contributed by atoms with E-state index in [0.29, 0.717) is 31.3 Å².